The maximum atomic E-state index is 12.1. The van der Waals surface area contributed by atoms with E-state index in [0.29, 0.717) is 18.3 Å². The third-order valence-corrected chi connectivity index (χ3v) is 3.32. The summed E-state index contributed by atoms with van der Waals surface area (Å²) in [7, 11) is 1.57. The first-order valence-electron chi connectivity index (χ1n) is 7.13. The zero-order chi connectivity index (χ0) is 14.2. The van der Waals surface area contributed by atoms with Crippen molar-refractivity contribution in [2.24, 2.45) is 0 Å². The highest BCUT2D eigenvalue weighted by molar-refractivity contribution is 5.74. The third kappa shape index (κ3) is 4.48. The van der Waals surface area contributed by atoms with Gasteiger partial charge in [0.05, 0.1) is 6.54 Å². The van der Waals surface area contributed by atoms with E-state index in [-0.39, 0.29) is 12.6 Å². The highest BCUT2D eigenvalue weighted by Crippen LogP contribution is 2.10. The first kappa shape index (κ1) is 14.8. The highest BCUT2D eigenvalue weighted by atomic mass is 16.5. The molecule has 1 aromatic heterocycles. The average molecular weight is 282 g/mol. The number of hydrogen-bond donors (Lipinski definition) is 1. The van der Waals surface area contributed by atoms with E-state index in [1.165, 1.54) is 19.3 Å². The van der Waals surface area contributed by atoms with Crippen molar-refractivity contribution in [3.8, 4) is 0 Å². The molecule has 7 nitrogen and oxygen atoms in total. The van der Waals surface area contributed by atoms with Crippen LogP contribution in [0.4, 0.5) is 4.79 Å². The molecule has 0 atom stereocenters. The van der Waals surface area contributed by atoms with Crippen molar-refractivity contribution in [1.29, 1.82) is 0 Å². The van der Waals surface area contributed by atoms with Crippen LogP contribution < -0.4 is 5.32 Å². The Hall–Kier alpha value is -1.63. The van der Waals surface area contributed by atoms with E-state index < -0.39 is 0 Å². The first-order chi connectivity index (χ1) is 9.79. The Bertz CT molecular complexity index is 414. The molecule has 0 aliphatic carbocycles. The second-order valence-corrected chi connectivity index (χ2v) is 4.95. The van der Waals surface area contributed by atoms with Gasteiger partial charge in [-0.1, -0.05) is 24.4 Å². The van der Waals surface area contributed by atoms with Crippen molar-refractivity contribution in [2.75, 3.05) is 20.2 Å². The van der Waals surface area contributed by atoms with E-state index >= 15 is 0 Å². The Kier molecular flexibility index (Phi) is 5.79. The molecule has 1 N–H and O–H groups in total. The van der Waals surface area contributed by atoms with Crippen molar-refractivity contribution >= 4 is 6.03 Å². The number of nitrogens with zero attached hydrogens (tertiary/aromatic N) is 3. The molecule has 112 valence electrons. The molecule has 0 bridgehead atoms. The molecule has 2 rings (SSSR count). The van der Waals surface area contributed by atoms with Crippen molar-refractivity contribution in [3.05, 3.63) is 11.7 Å². The molecule has 1 aromatic rings. The van der Waals surface area contributed by atoms with Crippen LogP contribution in [0.1, 0.15) is 43.8 Å². The summed E-state index contributed by atoms with van der Waals surface area (Å²) < 4.78 is 9.93. The molecule has 1 fully saturated rings. The lowest BCUT2D eigenvalue weighted by Gasteiger charge is -2.24. The normalized spacial score (nSPS) is 16.6. The lowest BCUT2D eigenvalue weighted by atomic mass is 10.1. The minimum atomic E-state index is -0.0570. The van der Waals surface area contributed by atoms with E-state index in [9.17, 15) is 4.79 Å². The number of carbonyl (C=O) groups is 1. The predicted molar refractivity (Wildman–Crippen MR) is 71.9 cm³/mol. The molecule has 0 spiro atoms. The van der Waals surface area contributed by atoms with Gasteiger partial charge in [0.25, 0.3) is 0 Å². The maximum absolute atomic E-state index is 12.1. The number of ether oxygens (including phenoxy) is 1. The van der Waals surface area contributed by atoms with Gasteiger partial charge in [-0.15, -0.1) is 0 Å². The molecule has 1 saturated heterocycles. The molecule has 7 heteroatoms. The van der Waals surface area contributed by atoms with Gasteiger partial charge in [0.1, 0.15) is 6.61 Å². The minimum Gasteiger partial charge on any atom is -0.377 e. The van der Waals surface area contributed by atoms with Gasteiger partial charge in [-0.3, -0.25) is 0 Å². The molecule has 0 unspecified atom stereocenters. The van der Waals surface area contributed by atoms with Gasteiger partial charge in [0, 0.05) is 20.2 Å². The number of nitrogens with one attached hydrogen (secondary N) is 1. The van der Waals surface area contributed by atoms with Crippen LogP contribution in [0.15, 0.2) is 4.52 Å². The molecular formula is C13H22N4O3. The Morgan fingerprint density at radius 2 is 2.00 bits per heavy atom. The summed E-state index contributed by atoms with van der Waals surface area (Å²) in [4.78, 5) is 18.1. The number of methoxy groups -OCH3 is 1. The van der Waals surface area contributed by atoms with Crippen LogP contribution in [0.3, 0.4) is 0 Å². The zero-order valence-electron chi connectivity index (χ0n) is 11.9. The number of amides is 2. The van der Waals surface area contributed by atoms with Gasteiger partial charge >= 0.3 is 6.03 Å². The molecule has 20 heavy (non-hydrogen) atoms. The second-order valence-electron chi connectivity index (χ2n) is 4.95. The van der Waals surface area contributed by atoms with Crippen molar-refractivity contribution in [2.45, 2.75) is 45.3 Å². The van der Waals surface area contributed by atoms with Crippen LogP contribution in [0.5, 0.6) is 0 Å². The Labute approximate surface area is 118 Å². The van der Waals surface area contributed by atoms with Gasteiger partial charge in [-0.2, -0.15) is 4.98 Å². The molecule has 2 heterocycles. The number of aromatic nitrogens is 2. The number of rotatable bonds is 4. The summed E-state index contributed by atoms with van der Waals surface area (Å²) in [5.74, 6) is 0.889. The Morgan fingerprint density at radius 1 is 1.30 bits per heavy atom. The molecule has 1 aliphatic rings. The van der Waals surface area contributed by atoms with E-state index in [1.54, 1.807) is 7.11 Å². The largest absolute Gasteiger partial charge is 0.377 e. The summed E-state index contributed by atoms with van der Waals surface area (Å²) in [5, 5.41) is 6.57. The van der Waals surface area contributed by atoms with Gasteiger partial charge in [0.2, 0.25) is 5.89 Å². The van der Waals surface area contributed by atoms with E-state index in [4.69, 9.17) is 9.26 Å². The van der Waals surface area contributed by atoms with Gasteiger partial charge in [-0.05, 0) is 12.8 Å². The second kappa shape index (κ2) is 7.84. The van der Waals surface area contributed by atoms with E-state index in [1.807, 2.05) is 4.90 Å². The van der Waals surface area contributed by atoms with Gasteiger partial charge in [-0.25, -0.2) is 4.79 Å². The van der Waals surface area contributed by atoms with Gasteiger partial charge < -0.3 is 19.5 Å². The van der Waals surface area contributed by atoms with Crippen LogP contribution in [0, 0.1) is 0 Å². The number of carbonyl (C=O) groups excluding carboxylic acids is 1. The van der Waals surface area contributed by atoms with Crippen LogP contribution >= 0.6 is 0 Å². The maximum Gasteiger partial charge on any atom is 0.317 e. The summed E-state index contributed by atoms with van der Waals surface area (Å²) in [5.41, 5.74) is 0. The van der Waals surface area contributed by atoms with E-state index in [2.05, 4.69) is 15.5 Å². The molecule has 0 aromatic carbocycles. The fourth-order valence-corrected chi connectivity index (χ4v) is 2.26. The fourth-order valence-electron chi connectivity index (χ4n) is 2.26. The third-order valence-electron chi connectivity index (χ3n) is 3.32. The topological polar surface area (TPSA) is 80.5 Å². The lowest BCUT2D eigenvalue weighted by molar-refractivity contribution is 0.174. The summed E-state index contributed by atoms with van der Waals surface area (Å²) in [6.07, 6.45) is 5.83. The quantitative estimate of drug-likeness (QED) is 0.909. The summed E-state index contributed by atoms with van der Waals surface area (Å²) >= 11 is 0. The summed E-state index contributed by atoms with van der Waals surface area (Å²) in [6, 6.07) is -0.0570. The SMILES string of the molecule is COCc1noc(CNC(=O)N2CCCCCCC2)n1. The van der Waals surface area contributed by atoms with Crippen LogP contribution in [0.2, 0.25) is 0 Å². The number of hydrogen-bond acceptors (Lipinski definition) is 5. The number of likely N-dealkylation sites (tertiary alicyclic amines) is 1. The fraction of sp³-hybridized carbons (Fsp3) is 0.769. The van der Waals surface area contributed by atoms with Crippen LogP contribution in [-0.2, 0) is 17.9 Å². The Balaban J connectivity index is 1.77. The molecule has 0 saturated carbocycles. The molecule has 2 amide bonds. The lowest BCUT2D eigenvalue weighted by Crippen LogP contribution is -2.41. The monoisotopic (exact) mass is 282 g/mol. The first-order valence-corrected chi connectivity index (χ1v) is 7.13. The van der Waals surface area contributed by atoms with E-state index in [0.717, 1.165) is 25.9 Å². The molecule has 1 aliphatic heterocycles. The zero-order valence-corrected chi connectivity index (χ0v) is 11.9. The van der Waals surface area contributed by atoms with Crippen molar-refractivity contribution in [3.63, 3.8) is 0 Å². The van der Waals surface area contributed by atoms with Crippen LogP contribution in [-0.4, -0.2) is 41.3 Å². The van der Waals surface area contributed by atoms with Gasteiger partial charge in [0.15, 0.2) is 5.82 Å². The standard InChI is InChI=1S/C13H22N4O3/c1-19-10-11-15-12(20-16-11)9-14-13(18)17-7-5-3-2-4-6-8-17/h2-10H2,1H3,(H,14,18). The Morgan fingerprint density at radius 3 is 2.70 bits per heavy atom. The highest BCUT2D eigenvalue weighted by Gasteiger charge is 2.15. The van der Waals surface area contributed by atoms with Crippen molar-refractivity contribution in [1.82, 2.24) is 20.4 Å². The average Bonchev–Trinajstić information content (AvgIpc) is 2.84. The number of urea groups is 1. The van der Waals surface area contributed by atoms with Crippen molar-refractivity contribution < 1.29 is 14.1 Å². The molecular weight excluding hydrogens is 260 g/mol. The summed E-state index contributed by atoms with van der Waals surface area (Å²) in [6.45, 7) is 2.21. The predicted octanol–water partition coefficient (Wildman–Crippen LogP) is 1.69. The molecule has 0 radical (unpaired) electrons. The smallest absolute Gasteiger partial charge is 0.317 e. The minimum absolute atomic E-state index is 0.0570. The van der Waals surface area contributed by atoms with Crippen LogP contribution in [0.25, 0.3) is 0 Å².